The quantitative estimate of drug-likeness (QED) is 0.618. The molecular weight excluding hydrogens is 372 g/mol. The van der Waals surface area contributed by atoms with Crippen LogP contribution in [0.2, 0.25) is 5.15 Å². The summed E-state index contributed by atoms with van der Waals surface area (Å²) in [5, 5.41) is 1.39. The van der Waals surface area contributed by atoms with Crippen molar-refractivity contribution in [3.8, 4) is 11.4 Å². The Labute approximate surface area is 169 Å². The Hall–Kier alpha value is -2.31. The molecule has 0 bridgehead atoms. The molecule has 3 aromatic rings. The van der Waals surface area contributed by atoms with E-state index in [-0.39, 0.29) is 0 Å². The molecule has 2 aliphatic heterocycles. The zero-order valence-corrected chi connectivity index (χ0v) is 16.7. The van der Waals surface area contributed by atoms with Gasteiger partial charge in [0, 0.05) is 49.2 Å². The van der Waals surface area contributed by atoms with Crippen molar-refractivity contribution in [2.45, 2.75) is 19.3 Å². The zero-order chi connectivity index (χ0) is 19.1. The molecule has 0 saturated carbocycles. The molecule has 144 valence electrons. The third kappa shape index (κ3) is 3.10. The Bertz CT molecular complexity index is 1000. The summed E-state index contributed by atoms with van der Waals surface area (Å²) in [6, 6.07) is 5.82. The second-order valence-corrected chi connectivity index (χ2v) is 8.44. The number of rotatable bonds is 2. The van der Waals surface area contributed by atoms with Crippen molar-refractivity contribution in [3.63, 3.8) is 0 Å². The van der Waals surface area contributed by atoms with Gasteiger partial charge in [0.2, 0.25) is 0 Å². The number of nitrogens with zero attached hydrogens (tertiary/aromatic N) is 6. The fourth-order valence-corrected chi connectivity index (χ4v) is 4.84. The predicted octanol–water partition coefficient (Wildman–Crippen LogP) is 3.66. The van der Waals surface area contributed by atoms with Crippen molar-refractivity contribution in [1.82, 2.24) is 24.8 Å². The highest BCUT2D eigenvalue weighted by Crippen LogP contribution is 2.41. The van der Waals surface area contributed by atoms with Gasteiger partial charge in [-0.05, 0) is 56.5 Å². The van der Waals surface area contributed by atoms with Gasteiger partial charge in [0.1, 0.15) is 11.3 Å². The molecule has 2 saturated heterocycles. The smallest absolute Gasteiger partial charge is 0.162 e. The van der Waals surface area contributed by atoms with E-state index in [1.165, 1.54) is 32.4 Å². The van der Waals surface area contributed by atoms with Crippen LogP contribution in [0.15, 0.2) is 36.8 Å². The molecule has 0 unspecified atom stereocenters. The molecule has 0 N–H and O–H groups in total. The van der Waals surface area contributed by atoms with Gasteiger partial charge in [-0.25, -0.2) is 15.0 Å². The Morgan fingerprint density at radius 3 is 2.43 bits per heavy atom. The SMILES string of the molecule is CN1CCC2(CCN(c3nc(-c4ccncc4)nc4c(Cl)nccc34)CC2)C1. The largest absolute Gasteiger partial charge is 0.356 e. The molecule has 3 aromatic heterocycles. The minimum absolute atomic E-state index is 0.419. The Morgan fingerprint density at radius 2 is 1.71 bits per heavy atom. The first-order valence-corrected chi connectivity index (χ1v) is 10.2. The Kier molecular flexibility index (Phi) is 4.40. The van der Waals surface area contributed by atoms with Gasteiger partial charge in [-0.1, -0.05) is 11.6 Å². The molecule has 5 rings (SSSR count). The van der Waals surface area contributed by atoms with Gasteiger partial charge in [0.05, 0.1) is 0 Å². The first-order valence-electron chi connectivity index (χ1n) is 9.80. The third-order valence-corrected chi connectivity index (χ3v) is 6.52. The van der Waals surface area contributed by atoms with Crippen molar-refractivity contribution < 1.29 is 0 Å². The molecule has 2 fully saturated rings. The van der Waals surface area contributed by atoms with Crippen LogP contribution < -0.4 is 4.90 Å². The second-order valence-electron chi connectivity index (χ2n) is 8.08. The lowest BCUT2D eigenvalue weighted by atomic mass is 9.78. The number of anilines is 1. The topological polar surface area (TPSA) is 58.0 Å². The molecule has 7 heteroatoms. The van der Waals surface area contributed by atoms with Crippen LogP contribution >= 0.6 is 11.6 Å². The summed E-state index contributed by atoms with van der Waals surface area (Å²) in [4.78, 5) is 22.9. The minimum atomic E-state index is 0.419. The van der Waals surface area contributed by atoms with Crippen LogP contribution in [0.3, 0.4) is 0 Å². The number of fused-ring (bicyclic) bond motifs is 1. The number of hydrogen-bond donors (Lipinski definition) is 0. The lowest BCUT2D eigenvalue weighted by Gasteiger charge is -2.40. The molecule has 28 heavy (non-hydrogen) atoms. The lowest BCUT2D eigenvalue weighted by Crippen LogP contribution is -2.41. The molecule has 2 aliphatic rings. The van der Waals surface area contributed by atoms with Crippen LogP contribution in [-0.4, -0.2) is 58.1 Å². The van der Waals surface area contributed by atoms with Crippen LogP contribution in [-0.2, 0) is 0 Å². The standard InChI is InChI=1S/C21H23ClN6/c1-27-11-5-21(14-27)6-12-28(13-7-21)20-16-4-10-24-18(22)17(16)25-19(26-20)15-2-8-23-9-3-15/h2-4,8-10H,5-7,11-14H2,1H3. The van der Waals surface area contributed by atoms with Crippen molar-refractivity contribution >= 4 is 28.3 Å². The van der Waals surface area contributed by atoms with E-state index < -0.39 is 0 Å². The van der Waals surface area contributed by atoms with Crippen molar-refractivity contribution in [3.05, 3.63) is 41.9 Å². The van der Waals surface area contributed by atoms with Crippen LogP contribution in [0.5, 0.6) is 0 Å². The zero-order valence-electron chi connectivity index (χ0n) is 16.0. The summed E-state index contributed by atoms with van der Waals surface area (Å²) < 4.78 is 0. The third-order valence-electron chi connectivity index (χ3n) is 6.24. The van der Waals surface area contributed by atoms with Gasteiger partial charge >= 0.3 is 0 Å². The molecule has 0 amide bonds. The van der Waals surface area contributed by atoms with Gasteiger partial charge in [0.15, 0.2) is 11.0 Å². The average molecular weight is 395 g/mol. The van der Waals surface area contributed by atoms with Crippen LogP contribution in [0, 0.1) is 5.41 Å². The van der Waals surface area contributed by atoms with Crippen LogP contribution in [0.4, 0.5) is 5.82 Å². The fourth-order valence-electron chi connectivity index (χ4n) is 4.64. The summed E-state index contributed by atoms with van der Waals surface area (Å²) in [5.41, 5.74) is 2.12. The average Bonchev–Trinajstić information content (AvgIpc) is 3.09. The van der Waals surface area contributed by atoms with Crippen molar-refractivity contribution in [2.24, 2.45) is 5.41 Å². The maximum atomic E-state index is 6.40. The van der Waals surface area contributed by atoms with E-state index in [2.05, 4.69) is 26.8 Å². The first kappa shape index (κ1) is 17.8. The van der Waals surface area contributed by atoms with E-state index in [1.54, 1.807) is 18.6 Å². The molecule has 1 spiro atoms. The first-order chi connectivity index (χ1) is 13.6. The normalized spacial score (nSPS) is 19.6. The maximum Gasteiger partial charge on any atom is 0.162 e. The number of aromatic nitrogens is 4. The van der Waals surface area contributed by atoms with E-state index in [0.717, 1.165) is 29.9 Å². The van der Waals surface area contributed by atoms with Gasteiger partial charge in [-0.15, -0.1) is 0 Å². The van der Waals surface area contributed by atoms with Gasteiger partial charge in [-0.3, -0.25) is 4.98 Å². The molecule has 6 nitrogen and oxygen atoms in total. The number of piperidine rings is 1. The van der Waals surface area contributed by atoms with Gasteiger partial charge in [-0.2, -0.15) is 0 Å². The predicted molar refractivity (Wildman–Crippen MR) is 112 cm³/mol. The van der Waals surface area contributed by atoms with Gasteiger partial charge in [0.25, 0.3) is 0 Å². The number of hydrogen-bond acceptors (Lipinski definition) is 6. The van der Waals surface area contributed by atoms with Crippen LogP contribution in [0.1, 0.15) is 19.3 Å². The second kappa shape index (κ2) is 6.94. The Balaban J connectivity index is 1.54. The highest BCUT2D eigenvalue weighted by Gasteiger charge is 2.39. The summed E-state index contributed by atoms with van der Waals surface area (Å²) in [6.45, 7) is 4.44. The van der Waals surface area contributed by atoms with E-state index in [0.29, 0.717) is 21.9 Å². The van der Waals surface area contributed by atoms with E-state index >= 15 is 0 Å². The number of halogens is 1. The maximum absolute atomic E-state index is 6.40. The fraction of sp³-hybridized carbons (Fsp3) is 0.429. The van der Waals surface area contributed by atoms with Crippen molar-refractivity contribution in [1.29, 1.82) is 0 Å². The number of likely N-dealkylation sites (tertiary alicyclic amines) is 1. The molecule has 0 aliphatic carbocycles. The van der Waals surface area contributed by atoms with E-state index in [4.69, 9.17) is 21.6 Å². The van der Waals surface area contributed by atoms with Crippen LogP contribution in [0.25, 0.3) is 22.3 Å². The molecular formula is C21H23ClN6. The van der Waals surface area contributed by atoms with Crippen molar-refractivity contribution in [2.75, 3.05) is 38.1 Å². The van der Waals surface area contributed by atoms with E-state index in [9.17, 15) is 0 Å². The van der Waals surface area contributed by atoms with Gasteiger partial charge < -0.3 is 9.80 Å². The minimum Gasteiger partial charge on any atom is -0.356 e. The molecule has 0 atom stereocenters. The molecule has 0 radical (unpaired) electrons. The summed E-state index contributed by atoms with van der Waals surface area (Å²) >= 11 is 6.40. The highest BCUT2D eigenvalue weighted by molar-refractivity contribution is 6.34. The Morgan fingerprint density at radius 1 is 0.964 bits per heavy atom. The summed E-state index contributed by atoms with van der Waals surface area (Å²) in [5.74, 6) is 1.63. The number of pyridine rings is 2. The molecule has 5 heterocycles. The lowest BCUT2D eigenvalue weighted by molar-refractivity contribution is 0.222. The molecule has 0 aromatic carbocycles. The monoisotopic (exact) mass is 394 g/mol. The highest BCUT2D eigenvalue weighted by atomic mass is 35.5. The summed E-state index contributed by atoms with van der Waals surface area (Å²) in [7, 11) is 2.23. The summed E-state index contributed by atoms with van der Waals surface area (Å²) in [6.07, 6.45) is 8.96. The van der Waals surface area contributed by atoms with E-state index in [1.807, 2.05) is 18.2 Å².